The number of nitro groups is 1. The van der Waals surface area contributed by atoms with Crippen molar-refractivity contribution < 1.29 is 28.4 Å². The number of non-ortho nitro benzene ring substituents is 1. The third-order valence-electron chi connectivity index (χ3n) is 8.37. The summed E-state index contributed by atoms with van der Waals surface area (Å²) in [5, 5.41) is 14.5. The van der Waals surface area contributed by atoms with Gasteiger partial charge in [0.2, 0.25) is 12.7 Å². The van der Waals surface area contributed by atoms with Crippen molar-refractivity contribution in [2.24, 2.45) is 5.92 Å². The summed E-state index contributed by atoms with van der Waals surface area (Å²) in [6.07, 6.45) is 1.47. The van der Waals surface area contributed by atoms with E-state index in [9.17, 15) is 24.1 Å². The third-order valence-corrected chi connectivity index (χ3v) is 8.37. The van der Waals surface area contributed by atoms with Crippen LogP contribution >= 0.6 is 0 Å². The van der Waals surface area contributed by atoms with Crippen LogP contribution in [0.1, 0.15) is 40.2 Å². The number of nitrogens with zero attached hydrogens (tertiary/aromatic N) is 2. The van der Waals surface area contributed by atoms with Crippen molar-refractivity contribution in [3.05, 3.63) is 93.3 Å². The average Bonchev–Trinajstić information content (AvgIpc) is 3.68. The first-order valence-corrected chi connectivity index (χ1v) is 12.5. The lowest BCUT2D eigenvalue weighted by molar-refractivity contribution is -0.384. The first-order chi connectivity index (χ1) is 18.4. The second kappa shape index (κ2) is 8.09. The smallest absolute Gasteiger partial charge is 0.269 e. The number of fused-ring (bicyclic) bond motifs is 5. The lowest BCUT2D eigenvalue weighted by atomic mass is 9.68. The second-order valence-electron chi connectivity index (χ2n) is 10.1. The van der Waals surface area contributed by atoms with Crippen LogP contribution in [0.4, 0.5) is 15.8 Å². The molecule has 3 unspecified atom stereocenters. The molecule has 9 nitrogen and oxygen atoms in total. The first kappa shape index (κ1) is 22.9. The Bertz CT molecular complexity index is 1540. The minimum absolute atomic E-state index is 0.0432. The Hall–Kier alpha value is -4.31. The van der Waals surface area contributed by atoms with Crippen molar-refractivity contribution in [1.29, 1.82) is 0 Å². The van der Waals surface area contributed by atoms with Crippen LogP contribution in [0.3, 0.4) is 0 Å². The molecule has 4 atom stereocenters. The summed E-state index contributed by atoms with van der Waals surface area (Å²) >= 11 is 0. The van der Waals surface area contributed by atoms with E-state index in [2.05, 4.69) is 5.32 Å². The Kier molecular flexibility index (Phi) is 4.87. The predicted octanol–water partition coefficient (Wildman–Crippen LogP) is 4.37. The van der Waals surface area contributed by atoms with Gasteiger partial charge in [-0.05, 0) is 61.3 Å². The third kappa shape index (κ3) is 3.00. The molecule has 4 aliphatic rings. The molecule has 1 N–H and O–H groups in total. The maximum Gasteiger partial charge on any atom is 0.269 e. The summed E-state index contributed by atoms with van der Waals surface area (Å²) in [5.74, 6) is -1.79. The summed E-state index contributed by atoms with van der Waals surface area (Å²) in [4.78, 5) is 41.8. The topological polar surface area (TPSA) is 111 Å². The van der Waals surface area contributed by atoms with E-state index in [1.165, 1.54) is 30.3 Å². The van der Waals surface area contributed by atoms with Gasteiger partial charge in [-0.1, -0.05) is 12.1 Å². The van der Waals surface area contributed by atoms with Crippen LogP contribution < -0.4 is 14.8 Å². The van der Waals surface area contributed by atoms with E-state index >= 15 is 0 Å². The average molecular weight is 515 g/mol. The van der Waals surface area contributed by atoms with Gasteiger partial charge in [-0.25, -0.2) is 4.39 Å². The number of nitro benzene ring substituents is 1. The number of rotatable bonds is 4. The van der Waals surface area contributed by atoms with Gasteiger partial charge in [0, 0.05) is 40.9 Å². The molecule has 0 aliphatic carbocycles. The Morgan fingerprint density at radius 2 is 1.95 bits per heavy atom. The number of hydrogen-bond donors (Lipinski definition) is 1. The highest BCUT2D eigenvalue weighted by atomic mass is 19.1. The van der Waals surface area contributed by atoms with Crippen LogP contribution in [0, 0.1) is 21.8 Å². The van der Waals surface area contributed by atoms with Crippen LogP contribution in [-0.2, 0) is 10.3 Å². The largest absolute Gasteiger partial charge is 0.454 e. The van der Waals surface area contributed by atoms with Gasteiger partial charge in [0.05, 0.1) is 10.8 Å². The molecule has 192 valence electrons. The number of anilines is 1. The van der Waals surface area contributed by atoms with Gasteiger partial charge in [-0.15, -0.1) is 0 Å². The van der Waals surface area contributed by atoms with Gasteiger partial charge >= 0.3 is 0 Å². The van der Waals surface area contributed by atoms with Crippen LogP contribution in [0.25, 0.3) is 0 Å². The fourth-order valence-corrected chi connectivity index (χ4v) is 6.98. The number of benzene rings is 3. The molecule has 2 fully saturated rings. The molecule has 3 aromatic carbocycles. The van der Waals surface area contributed by atoms with Crippen molar-refractivity contribution in [1.82, 2.24) is 4.90 Å². The second-order valence-corrected chi connectivity index (χ2v) is 10.1. The highest BCUT2D eigenvalue weighted by molar-refractivity contribution is 6.12. The summed E-state index contributed by atoms with van der Waals surface area (Å²) < 4.78 is 25.6. The predicted molar refractivity (Wildman–Crippen MR) is 133 cm³/mol. The molecule has 1 spiro atoms. The molecule has 7 rings (SSSR count). The Morgan fingerprint density at radius 1 is 1.11 bits per heavy atom. The standard InChI is InChI=1S/C28H22FN3O6/c29-17-7-8-20-19(13-17)28(27(34)30-20)25(26(33)16-6-9-22-23(12-16)38-14-37-22)24(21-5-2-10-31(21)28)15-3-1-4-18(11-15)32(35)36/h1,3-4,6-9,11-13,21,24-25H,2,5,10,14H2,(H,30,34)/t21?,24?,25?,28-/m1/s1. The SMILES string of the molecule is O=C(c1ccc2c(c1)OCO2)C1C(c2cccc([N+](=O)[O-])c2)C2CCCN2[C@@]12C(=O)Nc1ccc(F)cc12. The maximum absolute atomic E-state index is 14.7. The van der Waals surface area contributed by atoms with Gasteiger partial charge in [0.1, 0.15) is 11.4 Å². The fourth-order valence-electron chi connectivity index (χ4n) is 6.98. The normalized spacial score (nSPS) is 26.9. The zero-order valence-corrected chi connectivity index (χ0v) is 20.1. The zero-order valence-electron chi connectivity index (χ0n) is 20.1. The molecule has 1 amide bonds. The molecule has 2 saturated heterocycles. The van der Waals surface area contributed by atoms with Crippen molar-refractivity contribution in [2.45, 2.75) is 30.3 Å². The number of amides is 1. The molecule has 0 radical (unpaired) electrons. The lowest BCUT2D eigenvalue weighted by Crippen LogP contribution is -2.52. The highest BCUT2D eigenvalue weighted by Gasteiger charge is 2.69. The van der Waals surface area contributed by atoms with Crippen LogP contribution in [-0.4, -0.2) is 40.9 Å². The van der Waals surface area contributed by atoms with Crippen molar-refractivity contribution in [3.8, 4) is 11.5 Å². The highest BCUT2D eigenvalue weighted by Crippen LogP contribution is 2.61. The molecular weight excluding hydrogens is 493 g/mol. The number of halogens is 1. The number of ether oxygens (including phenoxy) is 2. The van der Waals surface area contributed by atoms with Crippen LogP contribution in [0.15, 0.2) is 60.7 Å². The number of ketones is 1. The maximum atomic E-state index is 14.7. The lowest BCUT2D eigenvalue weighted by Gasteiger charge is -2.36. The molecule has 4 aliphatic heterocycles. The minimum atomic E-state index is -1.47. The van der Waals surface area contributed by atoms with Crippen LogP contribution in [0.2, 0.25) is 0 Å². The van der Waals surface area contributed by atoms with Gasteiger partial charge in [0.25, 0.3) is 5.69 Å². The fraction of sp³-hybridized carbons (Fsp3) is 0.286. The quantitative estimate of drug-likeness (QED) is 0.312. The molecule has 4 heterocycles. The molecule has 3 aromatic rings. The van der Waals surface area contributed by atoms with Gasteiger partial charge < -0.3 is 14.8 Å². The van der Waals surface area contributed by atoms with Crippen molar-refractivity contribution >= 4 is 23.1 Å². The Balaban J connectivity index is 1.47. The Morgan fingerprint density at radius 3 is 2.79 bits per heavy atom. The number of carbonyl (C=O) groups is 2. The first-order valence-electron chi connectivity index (χ1n) is 12.5. The number of Topliss-reactive ketones (excluding diaryl/α,β-unsaturated/α-hetero) is 1. The van der Waals surface area contributed by atoms with E-state index in [0.717, 1.165) is 6.42 Å². The van der Waals surface area contributed by atoms with E-state index in [4.69, 9.17) is 9.47 Å². The van der Waals surface area contributed by atoms with Crippen LogP contribution in [0.5, 0.6) is 11.5 Å². The molecule has 0 bridgehead atoms. The number of nitrogens with one attached hydrogen (secondary N) is 1. The minimum Gasteiger partial charge on any atom is -0.454 e. The molecule has 10 heteroatoms. The van der Waals surface area contributed by atoms with E-state index in [1.54, 1.807) is 30.3 Å². The zero-order chi connectivity index (χ0) is 26.2. The molecule has 0 saturated carbocycles. The molecule has 0 aromatic heterocycles. The summed E-state index contributed by atoms with van der Waals surface area (Å²) in [5.41, 5.74) is 0.246. The summed E-state index contributed by atoms with van der Waals surface area (Å²) in [6, 6.07) is 15.0. The monoisotopic (exact) mass is 515 g/mol. The molecular formula is C28H22FN3O6. The molecule has 38 heavy (non-hydrogen) atoms. The van der Waals surface area contributed by atoms with Crippen molar-refractivity contribution in [3.63, 3.8) is 0 Å². The van der Waals surface area contributed by atoms with Gasteiger partial charge in [-0.3, -0.25) is 24.6 Å². The van der Waals surface area contributed by atoms with E-state index in [0.29, 0.717) is 46.8 Å². The summed E-state index contributed by atoms with van der Waals surface area (Å²) in [7, 11) is 0. The van der Waals surface area contributed by atoms with E-state index in [-0.39, 0.29) is 24.3 Å². The number of carbonyl (C=O) groups excluding carboxylic acids is 2. The van der Waals surface area contributed by atoms with Gasteiger partial charge in [-0.2, -0.15) is 0 Å². The van der Waals surface area contributed by atoms with Crippen molar-refractivity contribution in [2.75, 3.05) is 18.7 Å². The Labute approximate surface area is 216 Å². The van der Waals surface area contributed by atoms with E-state index < -0.39 is 34.0 Å². The number of hydrogen-bond acceptors (Lipinski definition) is 7. The van der Waals surface area contributed by atoms with Gasteiger partial charge in [0.15, 0.2) is 17.3 Å². The van der Waals surface area contributed by atoms with E-state index in [1.807, 2.05) is 4.90 Å². The summed E-state index contributed by atoms with van der Waals surface area (Å²) in [6.45, 7) is 0.575.